The predicted octanol–water partition coefficient (Wildman–Crippen LogP) is 2.34. The van der Waals surface area contributed by atoms with Crippen molar-refractivity contribution in [3.63, 3.8) is 0 Å². The number of likely N-dealkylation sites (tertiary alicyclic amines) is 2. The standard InChI is InChI=1S/C13H26N2/c1-11(2)15-10-7-12(13(15,3)4)14-8-5-6-9-14/h11-12H,5-10H2,1-4H3. The molecule has 88 valence electrons. The largest absolute Gasteiger partial charge is 0.299 e. The van der Waals surface area contributed by atoms with E-state index in [4.69, 9.17) is 0 Å². The van der Waals surface area contributed by atoms with Crippen LogP contribution in [0.4, 0.5) is 0 Å². The van der Waals surface area contributed by atoms with Crippen LogP contribution in [-0.2, 0) is 0 Å². The molecular weight excluding hydrogens is 184 g/mol. The lowest BCUT2D eigenvalue weighted by atomic mass is 9.93. The molecule has 0 N–H and O–H groups in total. The molecule has 1 unspecified atom stereocenters. The van der Waals surface area contributed by atoms with Gasteiger partial charge in [0.15, 0.2) is 0 Å². The van der Waals surface area contributed by atoms with Crippen molar-refractivity contribution in [1.82, 2.24) is 9.80 Å². The highest BCUT2D eigenvalue weighted by Crippen LogP contribution is 2.35. The summed E-state index contributed by atoms with van der Waals surface area (Å²) in [6.45, 7) is 13.5. The molecule has 2 heteroatoms. The van der Waals surface area contributed by atoms with E-state index in [0.717, 1.165) is 6.04 Å². The third kappa shape index (κ3) is 1.94. The molecule has 15 heavy (non-hydrogen) atoms. The second-order valence-corrected chi connectivity index (χ2v) is 5.99. The van der Waals surface area contributed by atoms with Gasteiger partial charge in [0.25, 0.3) is 0 Å². The summed E-state index contributed by atoms with van der Waals surface area (Å²) in [5.74, 6) is 0. The number of rotatable bonds is 2. The first-order valence-corrected chi connectivity index (χ1v) is 6.54. The summed E-state index contributed by atoms with van der Waals surface area (Å²) in [4.78, 5) is 5.40. The Labute approximate surface area is 94.6 Å². The highest BCUT2D eigenvalue weighted by atomic mass is 15.3. The Bertz CT molecular complexity index is 217. The van der Waals surface area contributed by atoms with Crippen LogP contribution in [0.2, 0.25) is 0 Å². The van der Waals surface area contributed by atoms with Gasteiger partial charge < -0.3 is 0 Å². The van der Waals surface area contributed by atoms with Gasteiger partial charge in [0, 0.05) is 24.2 Å². The Morgan fingerprint density at radius 3 is 2.13 bits per heavy atom. The Hall–Kier alpha value is -0.0800. The Morgan fingerprint density at radius 1 is 1.07 bits per heavy atom. The zero-order chi connectivity index (χ0) is 11.1. The molecule has 0 aliphatic carbocycles. The van der Waals surface area contributed by atoms with Crippen LogP contribution in [0.3, 0.4) is 0 Å². The third-order valence-electron chi connectivity index (χ3n) is 4.40. The maximum atomic E-state index is 2.72. The zero-order valence-corrected chi connectivity index (χ0v) is 10.8. The summed E-state index contributed by atoms with van der Waals surface area (Å²) >= 11 is 0. The van der Waals surface area contributed by atoms with E-state index in [0.29, 0.717) is 11.6 Å². The number of nitrogens with zero attached hydrogens (tertiary/aromatic N) is 2. The van der Waals surface area contributed by atoms with Gasteiger partial charge in [0.2, 0.25) is 0 Å². The van der Waals surface area contributed by atoms with E-state index in [2.05, 4.69) is 37.5 Å². The van der Waals surface area contributed by atoms with Crippen LogP contribution in [0, 0.1) is 0 Å². The summed E-state index contributed by atoms with van der Waals surface area (Å²) in [5.41, 5.74) is 0.374. The van der Waals surface area contributed by atoms with Crippen LogP contribution in [0.15, 0.2) is 0 Å². The van der Waals surface area contributed by atoms with Crippen LogP contribution in [0.5, 0.6) is 0 Å². The van der Waals surface area contributed by atoms with E-state index in [9.17, 15) is 0 Å². The van der Waals surface area contributed by atoms with Crippen LogP contribution in [-0.4, -0.2) is 47.1 Å². The van der Waals surface area contributed by atoms with Gasteiger partial charge in [-0.25, -0.2) is 0 Å². The van der Waals surface area contributed by atoms with E-state index >= 15 is 0 Å². The second-order valence-electron chi connectivity index (χ2n) is 5.99. The van der Waals surface area contributed by atoms with Crippen molar-refractivity contribution >= 4 is 0 Å². The molecule has 2 fully saturated rings. The second kappa shape index (κ2) is 4.06. The minimum Gasteiger partial charge on any atom is -0.299 e. The van der Waals surface area contributed by atoms with Crippen molar-refractivity contribution in [1.29, 1.82) is 0 Å². The first-order chi connectivity index (χ1) is 7.03. The maximum Gasteiger partial charge on any atom is 0.0311 e. The molecule has 0 saturated carbocycles. The molecular formula is C13H26N2. The Morgan fingerprint density at radius 2 is 1.67 bits per heavy atom. The zero-order valence-electron chi connectivity index (χ0n) is 10.8. The molecule has 0 radical (unpaired) electrons. The number of hydrogen-bond donors (Lipinski definition) is 0. The van der Waals surface area contributed by atoms with Crippen LogP contribution in [0.1, 0.15) is 47.0 Å². The van der Waals surface area contributed by atoms with Gasteiger partial charge in [0.1, 0.15) is 0 Å². The monoisotopic (exact) mass is 210 g/mol. The summed E-state index contributed by atoms with van der Waals surface area (Å²) in [7, 11) is 0. The molecule has 2 heterocycles. The van der Waals surface area contributed by atoms with Gasteiger partial charge in [-0.15, -0.1) is 0 Å². The molecule has 2 nitrogen and oxygen atoms in total. The smallest absolute Gasteiger partial charge is 0.0311 e. The van der Waals surface area contributed by atoms with Crippen molar-refractivity contribution < 1.29 is 0 Å². The van der Waals surface area contributed by atoms with E-state index < -0.39 is 0 Å². The lowest BCUT2D eigenvalue weighted by Gasteiger charge is -2.42. The summed E-state index contributed by atoms with van der Waals surface area (Å²) in [5, 5.41) is 0. The van der Waals surface area contributed by atoms with Crippen LogP contribution < -0.4 is 0 Å². The SMILES string of the molecule is CC(C)N1CCC(N2CCCC2)C1(C)C. The van der Waals surface area contributed by atoms with Gasteiger partial charge >= 0.3 is 0 Å². The van der Waals surface area contributed by atoms with Crippen molar-refractivity contribution in [2.24, 2.45) is 0 Å². The van der Waals surface area contributed by atoms with E-state index in [1.165, 1.54) is 38.9 Å². The minimum absolute atomic E-state index is 0.374. The Balaban J connectivity index is 2.08. The first kappa shape index (κ1) is 11.4. The molecule has 2 rings (SSSR count). The van der Waals surface area contributed by atoms with Crippen molar-refractivity contribution in [3.05, 3.63) is 0 Å². The topological polar surface area (TPSA) is 6.48 Å². The molecule has 0 aromatic rings. The van der Waals surface area contributed by atoms with Crippen molar-refractivity contribution in [3.8, 4) is 0 Å². The fraction of sp³-hybridized carbons (Fsp3) is 1.00. The highest BCUT2D eigenvalue weighted by molar-refractivity contribution is 5.02. The summed E-state index contributed by atoms with van der Waals surface area (Å²) in [6, 6.07) is 1.48. The van der Waals surface area contributed by atoms with E-state index in [1.54, 1.807) is 0 Å². The quantitative estimate of drug-likeness (QED) is 0.690. The normalized spacial score (nSPS) is 33.0. The lowest BCUT2D eigenvalue weighted by molar-refractivity contribution is 0.0730. The average Bonchev–Trinajstić information content (AvgIpc) is 2.70. The molecule has 2 aliphatic heterocycles. The Kier molecular flexibility index (Phi) is 3.09. The van der Waals surface area contributed by atoms with Gasteiger partial charge in [-0.05, 0) is 60.0 Å². The molecule has 2 aliphatic rings. The molecule has 1 atom stereocenters. The lowest BCUT2D eigenvalue weighted by Crippen LogP contribution is -2.53. The van der Waals surface area contributed by atoms with Gasteiger partial charge in [0.05, 0.1) is 0 Å². The fourth-order valence-corrected chi connectivity index (χ4v) is 3.70. The maximum absolute atomic E-state index is 2.72. The van der Waals surface area contributed by atoms with Gasteiger partial charge in [-0.3, -0.25) is 9.80 Å². The van der Waals surface area contributed by atoms with Crippen molar-refractivity contribution in [2.75, 3.05) is 19.6 Å². The highest BCUT2D eigenvalue weighted by Gasteiger charge is 2.45. The van der Waals surface area contributed by atoms with Gasteiger partial charge in [-0.2, -0.15) is 0 Å². The van der Waals surface area contributed by atoms with E-state index in [1.807, 2.05) is 0 Å². The minimum atomic E-state index is 0.374. The molecule has 0 aromatic heterocycles. The van der Waals surface area contributed by atoms with Crippen LogP contribution in [0.25, 0.3) is 0 Å². The van der Waals surface area contributed by atoms with E-state index in [-0.39, 0.29) is 0 Å². The van der Waals surface area contributed by atoms with Crippen molar-refractivity contribution in [2.45, 2.75) is 64.6 Å². The molecule has 0 spiro atoms. The third-order valence-corrected chi connectivity index (χ3v) is 4.40. The molecule has 0 amide bonds. The molecule has 0 aromatic carbocycles. The number of hydrogen-bond acceptors (Lipinski definition) is 2. The summed E-state index contributed by atoms with van der Waals surface area (Å²) in [6.07, 6.45) is 4.19. The fourth-order valence-electron chi connectivity index (χ4n) is 3.70. The first-order valence-electron chi connectivity index (χ1n) is 6.54. The van der Waals surface area contributed by atoms with Gasteiger partial charge in [-0.1, -0.05) is 0 Å². The predicted molar refractivity (Wildman–Crippen MR) is 65.1 cm³/mol. The molecule has 2 saturated heterocycles. The van der Waals surface area contributed by atoms with Crippen LogP contribution >= 0.6 is 0 Å². The summed E-state index contributed by atoms with van der Waals surface area (Å²) < 4.78 is 0. The molecule has 0 bridgehead atoms. The average molecular weight is 210 g/mol.